The molecule has 0 unspecified atom stereocenters. The maximum atomic E-state index is 12.0. The maximum Gasteiger partial charge on any atom is 0.314 e. The van der Waals surface area contributed by atoms with Gasteiger partial charge in [-0.2, -0.15) is 4.98 Å². The summed E-state index contributed by atoms with van der Waals surface area (Å²) in [6.45, 7) is 3.21. The Bertz CT molecular complexity index is 884. The standard InChI is InChI=1S/C23H28N4O2/c28-22(24-14-6-9-18-7-2-1-3-8-18)25-17-19-12-15-27(16-13-19)23-26-20-10-4-5-11-21(20)29-23/h1-5,7-8,10-11,19H,6,9,12-17H2,(H2,24,25,28). The van der Waals surface area contributed by atoms with E-state index in [1.807, 2.05) is 42.5 Å². The number of nitrogens with one attached hydrogen (secondary N) is 2. The number of rotatable bonds is 7. The van der Waals surface area contributed by atoms with Crippen molar-refractivity contribution in [1.82, 2.24) is 15.6 Å². The first-order valence-corrected chi connectivity index (χ1v) is 10.4. The molecule has 1 fully saturated rings. The monoisotopic (exact) mass is 392 g/mol. The quantitative estimate of drug-likeness (QED) is 0.597. The zero-order valence-corrected chi connectivity index (χ0v) is 16.6. The maximum absolute atomic E-state index is 12.0. The summed E-state index contributed by atoms with van der Waals surface area (Å²) in [6.07, 6.45) is 3.97. The van der Waals surface area contributed by atoms with Crippen LogP contribution >= 0.6 is 0 Å². The van der Waals surface area contributed by atoms with E-state index in [0.717, 1.165) is 49.9 Å². The van der Waals surface area contributed by atoms with Gasteiger partial charge in [0.1, 0.15) is 5.52 Å². The lowest BCUT2D eigenvalue weighted by Gasteiger charge is -2.30. The van der Waals surface area contributed by atoms with Gasteiger partial charge in [0.15, 0.2) is 5.58 Å². The van der Waals surface area contributed by atoms with E-state index in [2.05, 4.69) is 32.7 Å². The van der Waals surface area contributed by atoms with Crippen molar-refractivity contribution in [3.05, 3.63) is 60.2 Å². The highest BCUT2D eigenvalue weighted by molar-refractivity contribution is 5.74. The first-order valence-electron chi connectivity index (χ1n) is 10.4. The summed E-state index contributed by atoms with van der Waals surface area (Å²) in [6, 6.07) is 18.8. The minimum Gasteiger partial charge on any atom is -0.423 e. The van der Waals surface area contributed by atoms with Crippen LogP contribution in [0.25, 0.3) is 11.1 Å². The lowest BCUT2D eigenvalue weighted by atomic mass is 9.97. The molecule has 29 heavy (non-hydrogen) atoms. The number of fused-ring (bicyclic) bond motifs is 1. The Labute approximate surface area is 171 Å². The number of carbonyl (C=O) groups excluding carboxylic acids is 1. The Balaban J connectivity index is 1.13. The average Bonchev–Trinajstić information content (AvgIpc) is 3.21. The molecule has 0 bridgehead atoms. The van der Waals surface area contributed by atoms with E-state index in [9.17, 15) is 4.79 Å². The van der Waals surface area contributed by atoms with Crippen LogP contribution in [-0.2, 0) is 6.42 Å². The van der Waals surface area contributed by atoms with Gasteiger partial charge in [-0.05, 0) is 49.3 Å². The molecular formula is C23H28N4O2. The number of nitrogens with zero attached hydrogens (tertiary/aromatic N) is 2. The van der Waals surface area contributed by atoms with E-state index in [-0.39, 0.29) is 6.03 Å². The highest BCUT2D eigenvalue weighted by Gasteiger charge is 2.23. The second-order valence-electron chi connectivity index (χ2n) is 7.62. The molecule has 1 aliphatic heterocycles. The van der Waals surface area contributed by atoms with E-state index in [0.29, 0.717) is 25.0 Å². The minimum atomic E-state index is -0.0700. The molecule has 2 amide bonds. The summed E-state index contributed by atoms with van der Waals surface area (Å²) < 4.78 is 5.86. The summed E-state index contributed by atoms with van der Waals surface area (Å²) in [5.41, 5.74) is 3.03. The molecule has 3 aromatic rings. The second-order valence-corrected chi connectivity index (χ2v) is 7.62. The number of oxazole rings is 1. The third kappa shape index (κ3) is 5.28. The third-order valence-electron chi connectivity index (χ3n) is 5.49. The van der Waals surface area contributed by atoms with Gasteiger partial charge in [0, 0.05) is 26.2 Å². The number of anilines is 1. The first-order chi connectivity index (χ1) is 14.3. The Morgan fingerprint density at radius 2 is 1.79 bits per heavy atom. The van der Waals surface area contributed by atoms with E-state index < -0.39 is 0 Å². The van der Waals surface area contributed by atoms with Crippen LogP contribution in [0.15, 0.2) is 59.0 Å². The molecule has 152 valence electrons. The first kappa shape index (κ1) is 19.3. The topological polar surface area (TPSA) is 70.4 Å². The van der Waals surface area contributed by atoms with Crippen molar-refractivity contribution < 1.29 is 9.21 Å². The van der Waals surface area contributed by atoms with Gasteiger partial charge in [-0.3, -0.25) is 0 Å². The van der Waals surface area contributed by atoms with Gasteiger partial charge in [-0.15, -0.1) is 0 Å². The Hall–Kier alpha value is -3.02. The molecule has 1 aliphatic rings. The number of benzene rings is 2. The van der Waals surface area contributed by atoms with Gasteiger partial charge in [0.25, 0.3) is 6.01 Å². The normalized spacial score (nSPS) is 14.8. The van der Waals surface area contributed by atoms with Gasteiger partial charge >= 0.3 is 6.03 Å². The molecule has 4 rings (SSSR count). The van der Waals surface area contributed by atoms with Gasteiger partial charge in [0.2, 0.25) is 0 Å². The molecule has 1 saturated heterocycles. The molecule has 0 saturated carbocycles. The molecule has 2 heterocycles. The predicted molar refractivity (Wildman–Crippen MR) is 115 cm³/mol. The fourth-order valence-electron chi connectivity index (χ4n) is 3.76. The van der Waals surface area contributed by atoms with Crippen LogP contribution in [0.1, 0.15) is 24.8 Å². The number of piperidine rings is 1. The summed E-state index contributed by atoms with van der Waals surface area (Å²) in [5, 5.41) is 5.98. The molecule has 1 aromatic heterocycles. The number of amides is 2. The molecule has 0 atom stereocenters. The Morgan fingerprint density at radius 3 is 2.59 bits per heavy atom. The van der Waals surface area contributed by atoms with Crippen molar-refractivity contribution in [3.8, 4) is 0 Å². The fraction of sp³-hybridized carbons (Fsp3) is 0.391. The van der Waals surface area contributed by atoms with Crippen LogP contribution in [0.5, 0.6) is 0 Å². The summed E-state index contributed by atoms with van der Waals surface area (Å²) >= 11 is 0. The number of urea groups is 1. The number of carbonyl (C=O) groups is 1. The molecule has 0 aliphatic carbocycles. The highest BCUT2D eigenvalue weighted by Crippen LogP contribution is 2.26. The highest BCUT2D eigenvalue weighted by atomic mass is 16.4. The van der Waals surface area contributed by atoms with Crippen molar-refractivity contribution in [2.24, 2.45) is 5.92 Å². The fourth-order valence-corrected chi connectivity index (χ4v) is 3.76. The molecule has 2 N–H and O–H groups in total. The smallest absolute Gasteiger partial charge is 0.314 e. The van der Waals surface area contributed by atoms with Crippen molar-refractivity contribution in [3.63, 3.8) is 0 Å². The van der Waals surface area contributed by atoms with E-state index in [1.54, 1.807) is 0 Å². The summed E-state index contributed by atoms with van der Waals surface area (Å²) in [5.74, 6) is 0.491. The van der Waals surface area contributed by atoms with Crippen LogP contribution in [0.2, 0.25) is 0 Å². The zero-order chi connectivity index (χ0) is 19.9. The Morgan fingerprint density at radius 1 is 1.03 bits per heavy atom. The summed E-state index contributed by atoms with van der Waals surface area (Å²) in [7, 11) is 0. The van der Waals surface area contributed by atoms with Crippen molar-refractivity contribution in [2.75, 3.05) is 31.1 Å². The van der Waals surface area contributed by atoms with Gasteiger partial charge < -0.3 is 20.0 Å². The largest absolute Gasteiger partial charge is 0.423 e. The van der Waals surface area contributed by atoms with Crippen LogP contribution in [-0.4, -0.2) is 37.2 Å². The molecule has 2 aromatic carbocycles. The molecule has 0 radical (unpaired) electrons. The van der Waals surface area contributed by atoms with Crippen molar-refractivity contribution >= 4 is 23.1 Å². The Kier molecular flexibility index (Phi) is 6.29. The number of para-hydroxylation sites is 2. The lowest BCUT2D eigenvalue weighted by Crippen LogP contribution is -2.42. The van der Waals surface area contributed by atoms with Crippen LogP contribution in [0.3, 0.4) is 0 Å². The predicted octanol–water partition coefficient (Wildman–Crippen LogP) is 3.98. The molecular weight excluding hydrogens is 364 g/mol. The van der Waals surface area contributed by atoms with E-state index in [1.165, 1.54) is 5.56 Å². The third-order valence-corrected chi connectivity index (χ3v) is 5.49. The number of hydrogen-bond donors (Lipinski definition) is 2. The van der Waals surface area contributed by atoms with Crippen LogP contribution in [0.4, 0.5) is 10.8 Å². The average molecular weight is 393 g/mol. The molecule has 6 nitrogen and oxygen atoms in total. The van der Waals surface area contributed by atoms with Crippen LogP contribution in [0, 0.1) is 5.92 Å². The summed E-state index contributed by atoms with van der Waals surface area (Å²) in [4.78, 5) is 18.8. The van der Waals surface area contributed by atoms with Crippen LogP contribution < -0.4 is 15.5 Å². The number of aromatic nitrogens is 1. The van der Waals surface area contributed by atoms with Crippen molar-refractivity contribution in [1.29, 1.82) is 0 Å². The van der Waals surface area contributed by atoms with Gasteiger partial charge in [-0.1, -0.05) is 42.5 Å². The lowest BCUT2D eigenvalue weighted by molar-refractivity contribution is 0.237. The van der Waals surface area contributed by atoms with E-state index >= 15 is 0 Å². The minimum absolute atomic E-state index is 0.0700. The van der Waals surface area contributed by atoms with E-state index in [4.69, 9.17) is 4.42 Å². The zero-order valence-electron chi connectivity index (χ0n) is 16.6. The van der Waals surface area contributed by atoms with Gasteiger partial charge in [-0.25, -0.2) is 4.79 Å². The number of aryl methyl sites for hydroxylation is 1. The second kappa shape index (κ2) is 9.45. The van der Waals surface area contributed by atoms with Gasteiger partial charge in [0.05, 0.1) is 0 Å². The number of hydrogen-bond acceptors (Lipinski definition) is 4. The molecule has 6 heteroatoms. The molecule has 0 spiro atoms. The van der Waals surface area contributed by atoms with Crippen molar-refractivity contribution in [2.45, 2.75) is 25.7 Å². The SMILES string of the molecule is O=C(NCCCc1ccccc1)NCC1CCN(c2nc3ccccc3o2)CC1.